The average molecular weight is 254 g/mol. The van der Waals surface area contributed by atoms with Crippen LogP contribution in [-0.2, 0) is 9.47 Å². The molecule has 1 aromatic rings. The zero-order chi connectivity index (χ0) is 12.0. The van der Waals surface area contributed by atoms with E-state index in [1.54, 1.807) is 0 Å². The molecule has 3 nitrogen and oxygen atoms in total. The van der Waals surface area contributed by atoms with Crippen LogP contribution in [0.5, 0.6) is 0 Å². The maximum Gasteiger partial charge on any atom is 0.163 e. The fourth-order valence-electron chi connectivity index (χ4n) is 2.67. The summed E-state index contributed by atoms with van der Waals surface area (Å²) in [5.41, 5.74) is 1.16. The molecule has 1 N–H and O–H groups in total. The van der Waals surface area contributed by atoms with Gasteiger partial charge in [0.1, 0.15) is 12.2 Å². The van der Waals surface area contributed by atoms with Gasteiger partial charge in [-0.1, -0.05) is 23.7 Å². The van der Waals surface area contributed by atoms with Crippen LogP contribution in [0.3, 0.4) is 0 Å². The van der Waals surface area contributed by atoms with Gasteiger partial charge in [0, 0.05) is 11.6 Å². The number of hydrogen-bond donors (Lipinski definition) is 1. The van der Waals surface area contributed by atoms with E-state index < -0.39 is 5.79 Å². The largest absolute Gasteiger partial charge is 0.343 e. The van der Waals surface area contributed by atoms with Crippen LogP contribution in [-0.4, -0.2) is 24.5 Å². The molecule has 3 rings (SSSR count). The van der Waals surface area contributed by atoms with Crippen molar-refractivity contribution in [2.45, 2.75) is 37.9 Å². The summed E-state index contributed by atoms with van der Waals surface area (Å²) in [4.78, 5) is 0. The van der Waals surface area contributed by atoms with Crippen molar-refractivity contribution in [2.75, 3.05) is 6.54 Å². The standard InChI is InChI=1S/C13H16ClNO2/c1-13(2)16-10-7-15-11(12(10)17-13)8-4-3-5-9(14)6-8/h3-6,10-12,15H,7H2,1-2H3/t10-,11?,12-/m0/s1. The van der Waals surface area contributed by atoms with Crippen LogP contribution >= 0.6 is 11.6 Å². The Balaban J connectivity index is 1.86. The number of benzene rings is 1. The first-order chi connectivity index (χ1) is 8.05. The lowest BCUT2D eigenvalue weighted by atomic mass is 10.0. The Morgan fingerprint density at radius 2 is 2.18 bits per heavy atom. The van der Waals surface area contributed by atoms with Gasteiger partial charge in [-0.2, -0.15) is 0 Å². The summed E-state index contributed by atoms with van der Waals surface area (Å²) >= 11 is 6.02. The Bertz CT molecular complexity index is 435. The van der Waals surface area contributed by atoms with Gasteiger partial charge in [-0.05, 0) is 31.5 Å². The molecule has 0 aromatic heterocycles. The molecule has 17 heavy (non-hydrogen) atoms. The third-order valence-electron chi connectivity index (χ3n) is 3.30. The normalized spacial score (nSPS) is 34.9. The molecule has 2 aliphatic rings. The minimum absolute atomic E-state index is 0.0727. The molecule has 1 unspecified atom stereocenters. The monoisotopic (exact) mass is 253 g/mol. The molecule has 0 saturated carbocycles. The molecular weight excluding hydrogens is 238 g/mol. The molecule has 0 radical (unpaired) electrons. The van der Waals surface area contributed by atoms with E-state index in [2.05, 4.69) is 11.4 Å². The van der Waals surface area contributed by atoms with Crippen LogP contribution in [0.2, 0.25) is 5.02 Å². The number of fused-ring (bicyclic) bond motifs is 1. The molecule has 0 amide bonds. The summed E-state index contributed by atoms with van der Waals surface area (Å²) in [6.45, 7) is 4.74. The van der Waals surface area contributed by atoms with Crippen LogP contribution in [0.15, 0.2) is 24.3 Å². The van der Waals surface area contributed by atoms with E-state index in [9.17, 15) is 0 Å². The Kier molecular flexibility index (Phi) is 2.67. The molecular formula is C13H16ClNO2. The molecule has 92 valence electrons. The van der Waals surface area contributed by atoms with Crippen LogP contribution in [0.4, 0.5) is 0 Å². The summed E-state index contributed by atoms with van der Waals surface area (Å²) in [5.74, 6) is -0.478. The van der Waals surface area contributed by atoms with Crippen LogP contribution in [0.1, 0.15) is 25.5 Å². The Morgan fingerprint density at radius 1 is 1.35 bits per heavy atom. The highest BCUT2D eigenvalue weighted by Gasteiger charge is 2.49. The molecule has 2 fully saturated rings. The molecule has 0 spiro atoms. The Labute approximate surface area is 106 Å². The molecule has 0 bridgehead atoms. The van der Waals surface area contributed by atoms with Crippen molar-refractivity contribution in [1.29, 1.82) is 0 Å². The van der Waals surface area contributed by atoms with Crippen LogP contribution in [0, 0.1) is 0 Å². The second-order valence-electron chi connectivity index (χ2n) is 5.08. The van der Waals surface area contributed by atoms with E-state index in [0.717, 1.165) is 17.1 Å². The topological polar surface area (TPSA) is 30.5 Å². The molecule has 0 aliphatic carbocycles. The van der Waals surface area contributed by atoms with Crippen molar-refractivity contribution < 1.29 is 9.47 Å². The van der Waals surface area contributed by atoms with E-state index in [-0.39, 0.29) is 18.2 Å². The number of ether oxygens (including phenoxy) is 2. The fraction of sp³-hybridized carbons (Fsp3) is 0.538. The summed E-state index contributed by atoms with van der Waals surface area (Å²) < 4.78 is 11.8. The summed E-state index contributed by atoms with van der Waals surface area (Å²) in [6.07, 6.45) is 0.206. The Hall–Kier alpha value is -0.610. The van der Waals surface area contributed by atoms with Gasteiger partial charge in [-0.15, -0.1) is 0 Å². The van der Waals surface area contributed by atoms with E-state index in [1.165, 1.54) is 0 Å². The SMILES string of the molecule is CC1(C)O[C@H]2CNC(c3cccc(Cl)c3)[C@H]2O1. The predicted octanol–water partition coefficient (Wildman–Crippen LogP) is 2.50. The van der Waals surface area contributed by atoms with E-state index in [4.69, 9.17) is 21.1 Å². The maximum atomic E-state index is 6.02. The van der Waals surface area contributed by atoms with Gasteiger partial charge in [0.25, 0.3) is 0 Å². The third kappa shape index (κ3) is 2.08. The summed E-state index contributed by atoms with van der Waals surface area (Å²) in [5, 5.41) is 4.19. The van der Waals surface area contributed by atoms with Crippen molar-refractivity contribution in [2.24, 2.45) is 0 Å². The number of hydrogen-bond acceptors (Lipinski definition) is 3. The molecule has 2 heterocycles. The van der Waals surface area contributed by atoms with Gasteiger partial charge in [0.15, 0.2) is 5.79 Å². The highest BCUT2D eigenvalue weighted by atomic mass is 35.5. The van der Waals surface area contributed by atoms with E-state index in [0.29, 0.717) is 0 Å². The average Bonchev–Trinajstić information content (AvgIpc) is 2.72. The number of halogens is 1. The number of rotatable bonds is 1. The maximum absolute atomic E-state index is 6.02. The highest BCUT2D eigenvalue weighted by molar-refractivity contribution is 6.30. The third-order valence-corrected chi connectivity index (χ3v) is 3.53. The quantitative estimate of drug-likeness (QED) is 0.834. The van der Waals surface area contributed by atoms with Gasteiger partial charge in [0.05, 0.1) is 6.04 Å². The molecule has 1 aromatic carbocycles. The first kappa shape index (κ1) is 11.5. The van der Waals surface area contributed by atoms with Gasteiger partial charge >= 0.3 is 0 Å². The minimum Gasteiger partial charge on any atom is -0.343 e. The van der Waals surface area contributed by atoms with Crippen molar-refractivity contribution >= 4 is 11.6 Å². The summed E-state index contributed by atoms with van der Waals surface area (Å²) in [6, 6.07) is 8.07. The van der Waals surface area contributed by atoms with E-state index in [1.807, 2.05) is 32.0 Å². The van der Waals surface area contributed by atoms with Gasteiger partial charge in [-0.25, -0.2) is 0 Å². The first-order valence-electron chi connectivity index (χ1n) is 5.90. The van der Waals surface area contributed by atoms with Crippen molar-refractivity contribution in [3.8, 4) is 0 Å². The first-order valence-corrected chi connectivity index (χ1v) is 6.27. The minimum atomic E-state index is -0.478. The lowest BCUT2D eigenvalue weighted by Gasteiger charge is -2.22. The smallest absolute Gasteiger partial charge is 0.163 e. The van der Waals surface area contributed by atoms with Gasteiger partial charge < -0.3 is 14.8 Å². The number of nitrogens with one attached hydrogen (secondary N) is 1. The van der Waals surface area contributed by atoms with Crippen molar-refractivity contribution in [3.63, 3.8) is 0 Å². The molecule has 2 aliphatic heterocycles. The van der Waals surface area contributed by atoms with Gasteiger partial charge in [0.2, 0.25) is 0 Å². The molecule has 2 saturated heterocycles. The summed E-state index contributed by atoms with van der Waals surface area (Å²) in [7, 11) is 0. The van der Waals surface area contributed by atoms with Crippen LogP contribution < -0.4 is 5.32 Å². The second kappa shape index (κ2) is 3.95. The van der Waals surface area contributed by atoms with E-state index >= 15 is 0 Å². The lowest BCUT2D eigenvalue weighted by Crippen LogP contribution is -2.29. The fourth-order valence-corrected chi connectivity index (χ4v) is 2.87. The Morgan fingerprint density at radius 3 is 2.94 bits per heavy atom. The van der Waals surface area contributed by atoms with Gasteiger partial charge in [-0.3, -0.25) is 0 Å². The zero-order valence-electron chi connectivity index (χ0n) is 9.94. The molecule has 3 atom stereocenters. The van der Waals surface area contributed by atoms with Crippen molar-refractivity contribution in [3.05, 3.63) is 34.9 Å². The lowest BCUT2D eigenvalue weighted by molar-refractivity contribution is -0.153. The van der Waals surface area contributed by atoms with Crippen LogP contribution in [0.25, 0.3) is 0 Å². The predicted molar refractivity (Wildman–Crippen MR) is 66.0 cm³/mol. The highest BCUT2D eigenvalue weighted by Crippen LogP contribution is 2.39. The zero-order valence-corrected chi connectivity index (χ0v) is 10.7. The van der Waals surface area contributed by atoms with Crippen molar-refractivity contribution in [1.82, 2.24) is 5.32 Å². The molecule has 4 heteroatoms. The second-order valence-corrected chi connectivity index (χ2v) is 5.52.